The Hall–Kier alpha value is -1.30. The molecule has 1 aromatic rings. The Morgan fingerprint density at radius 2 is 1.84 bits per heavy atom. The van der Waals surface area contributed by atoms with Gasteiger partial charge in [-0.15, -0.1) is 0 Å². The summed E-state index contributed by atoms with van der Waals surface area (Å²) in [5, 5.41) is 0. The van der Waals surface area contributed by atoms with Crippen LogP contribution >= 0.6 is 0 Å². The fourth-order valence-corrected chi connectivity index (χ4v) is 2.28. The van der Waals surface area contributed by atoms with Crippen molar-refractivity contribution in [2.75, 3.05) is 34.0 Å². The first-order valence-corrected chi connectivity index (χ1v) is 6.46. The van der Waals surface area contributed by atoms with Crippen LogP contribution in [0.1, 0.15) is 18.4 Å². The zero-order valence-corrected chi connectivity index (χ0v) is 11.5. The van der Waals surface area contributed by atoms with Gasteiger partial charge in [0.2, 0.25) is 0 Å². The minimum absolute atomic E-state index is 0.562. The Bertz CT molecular complexity index is 418. The van der Waals surface area contributed by atoms with Gasteiger partial charge in [-0.3, -0.25) is 0 Å². The van der Waals surface area contributed by atoms with Crippen molar-refractivity contribution in [2.45, 2.75) is 18.6 Å². The first kappa shape index (κ1) is 14.1. The summed E-state index contributed by atoms with van der Waals surface area (Å²) in [6.45, 7) is 1.74. The second-order valence-corrected chi connectivity index (χ2v) is 4.41. The molecule has 0 fully saturated rings. The van der Waals surface area contributed by atoms with Crippen molar-refractivity contribution in [3.8, 4) is 11.5 Å². The molecule has 2 rings (SSSR count). The Morgan fingerprint density at radius 3 is 2.47 bits per heavy atom. The van der Waals surface area contributed by atoms with Gasteiger partial charge in [0.1, 0.15) is 13.2 Å². The van der Waals surface area contributed by atoms with Gasteiger partial charge in [-0.2, -0.15) is 0 Å². The van der Waals surface area contributed by atoms with E-state index in [2.05, 4.69) is 0 Å². The van der Waals surface area contributed by atoms with E-state index in [1.54, 1.807) is 14.2 Å². The second-order valence-electron chi connectivity index (χ2n) is 4.41. The number of methoxy groups -OCH3 is 2. The van der Waals surface area contributed by atoms with Crippen LogP contribution in [0.4, 0.5) is 0 Å². The van der Waals surface area contributed by atoms with Crippen LogP contribution < -0.4 is 15.2 Å². The van der Waals surface area contributed by atoms with Crippen LogP contribution in [-0.2, 0) is 15.3 Å². The molecule has 2 N–H and O–H groups in total. The van der Waals surface area contributed by atoms with Gasteiger partial charge in [-0.1, -0.05) is 0 Å². The minimum Gasteiger partial charge on any atom is -0.486 e. The zero-order chi connectivity index (χ0) is 13.7. The smallest absolute Gasteiger partial charge is 0.194 e. The number of hydrogen-bond acceptors (Lipinski definition) is 5. The van der Waals surface area contributed by atoms with E-state index in [0.717, 1.165) is 23.5 Å². The van der Waals surface area contributed by atoms with Crippen molar-refractivity contribution in [3.05, 3.63) is 23.8 Å². The van der Waals surface area contributed by atoms with Crippen LogP contribution in [-0.4, -0.2) is 34.0 Å². The summed E-state index contributed by atoms with van der Waals surface area (Å²) >= 11 is 0. The molecule has 0 spiro atoms. The third-order valence-electron chi connectivity index (χ3n) is 3.35. The lowest BCUT2D eigenvalue weighted by Gasteiger charge is -2.32. The Kier molecular flexibility index (Phi) is 4.63. The number of benzene rings is 1. The van der Waals surface area contributed by atoms with E-state index in [-0.39, 0.29) is 0 Å². The molecule has 1 aromatic carbocycles. The number of nitrogens with two attached hydrogens (primary N) is 1. The predicted molar refractivity (Wildman–Crippen MR) is 71.4 cm³/mol. The maximum atomic E-state index is 5.59. The van der Waals surface area contributed by atoms with E-state index in [4.69, 9.17) is 24.7 Å². The van der Waals surface area contributed by atoms with Crippen molar-refractivity contribution in [2.24, 2.45) is 5.73 Å². The number of rotatable bonds is 6. The van der Waals surface area contributed by atoms with Gasteiger partial charge in [-0.25, -0.2) is 0 Å². The molecule has 0 aromatic heterocycles. The quantitative estimate of drug-likeness (QED) is 0.794. The number of ether oxygens (including phenoxy) is 4. The summed E-state index contributed by atoms with van der Waals surface area (Å²) in [6.07, 6.45) is 1.51. The van der Waals surface area contributed by atoms with Crippen LogP contribution in [0.2, 0.25) is 0 Å². The number of fused-ring (bicyclic) bond motifs is 1. The van der Waals surface area contributed by atoms with Gasteiger partial charge in [0.15, 0.2) is 17.3 Å². The van der Waals surface area contributed by atoms with E-state index in [0.29, 0.717) is 26.2 Å². The Balaban J connectivity index is 2.30. The molecule has 19 heavy (non-hydrogen) atoms. The summed E-state index contributed by atoms with van der Waals surface area (Å²) in [5.41, 5.74) is 6.49. The van der Waals surface area contributed by atoms with Crippen molar-refractivity contribution < 1.29 is 18.9 Å². The maximum Gasteiger partial charge on any atom is 0.194 e. The fraction of sp³-hybridized carbons (Fsp3) is 0.571. The third-order valence-corrected chi connectivity index (χ3v) is 3.35. The molecule has 1 aliphatic heterocycles. The molecule has 0 saturated carbocycles. The lowest BCUT2D eigenvalue weighted by atomic mass is 9.99. The summed E-state index contributed by atoms with van der Waals surface area (Å²) < 4.78 is 22.3. The molecular formula is C14H21NO4. The maximum absolute atomic E-state index is 5.59. The third kappa shape index (κ3) is 2.83. The van der Waals surface area contributed by atoms with Crippen LogP contribution in [0, 0.1) is 0 Å². The normalized spacial score (nSPS) is 14.5. The Morgan fingerprint density at radius 1 is 1.16 bits per heavy atom. The fourth-order valence-electron chi connectivity index (χ4n) is 2.28. The molecule has 0 radical (unpaired) electrons. The molecule has 5 nitrogen and oxygen atoms in total. The molecule has 5 heteroatoms. The van der Waals surface area contributed by atoms with Crippen LogP contribution in [0.15, 0.2) is 18.2 Å². The highest BCUT2D eigenvalue weighted by Crippen LogP contribution is 2.38. The van der Waals surface area contributed by atoms with Gasteiger partial charge in [-0.05, 0) is 31.2 Å². The van der Waals surface area contributed by atoms with Crippen LogP contribution in [0.5, 0.6) is 11.5 Å². The van der Waals surface area contributed by atoms with Gasteiger partial charge in [0, 0.05) is 26.2 Å². The van der Waals surface area contributed by atoms with E-state index < -0.39 is 5.79 Å². The highest BCUT2D eigenvalue weighted by Gasteiger charge is 2.32. The minimum atomic E-state index is -0.783. The lowest BCUT2D eigenvalue weighted by Crippen LogP contribution is -2.32. The lowest BCUT2D eigenvalue weighted by molar-refractivity contribution is -0.220. The molecule has 0 amide bonds. The van der Waals surface area contributed by atoms with E-state index in [1.165, 1.54) is 0 Å². The zero-order valence-electron chi connectivity index (χ0n) is 11.5. The summed E-state index contributed by atoms with van der Waals surface area (Å²) in [6, 6.07) is 5.74. The monoisotopic (exact) mass is 267 g/mol. The molecule has 0 unspecified atom stereocenters. The van der Waals surface area contributed by atoms with Gasteiger partial charge < -0.3 is 24.7 Å². The molecule has 0 saturated heterocycles. The molecule has 0 bridgehead atoms. The van der Waals surface area contributed by atoms with Crippen molar-refractivity contribution in [1.82, 2.24) is 0 Å². The standard InChI is InChI=1S/C14H21NO4/c1-16-14(17-2,6-3-7-15)11-4-5-12-13(10-11)19-9-8-18-12/h4-5,10H,3,6-9,15H2,1-2H3. The first-order valence-electron chi connectivity index (χ1n) is 6.46. The van der Waals surface area contributed by atoms with Crippen molar-refractivity contribution >= 4 is 0 Å². The van der Waals surface area contributed by atoms with E-state index in [9.17, 15) is 0 Å². The van der Waals surface area contributed by atoms with Gasteiger partial charge >= 0.3 is 0 Å². The highest BCUT2D eigenvalue weighted by molar-refractivity contribution is 5.45. The summed E-state index contributed by atoms with van der Waals surface area (Å²) in [7, 11) is 3.27. The highest BCUT2D eigenvalue weighted by atomic mass is 16.7. The van der Waals surface area contributed by atoms with Crippen molar-refractivity contribution in [1.29, 1.82) is 0 Å². The van der Waals surface area contributed by atoms with E-state index in [1.807, 2.05) is 18.2 Å². The largest absolute Gasteiger partial charge is 0.486 e. The predicted octanol–water partition coefficient (Wildman–Crippen LogP) is 1.64. The van der Waals surface area contributed by atoms with Crippen molar-refractivity contribution in [3.63, 3.8) is 0 Å². The van der Waals surface area contributed by atoms with Gasteiger partial charge in [0.25, 0.3) is 0 Å². The molecule has 106 valence electrons. The SMILES string of the molecule is COC(CCCN)(OC)c1ccc2c(c1)OCCO2. The molecule has 0 atom stereocenters. The van der Waals surface area contributed by atoms with E-state index >= 15 is 0 Å². The first-order chi connectivity index (χ1) is 9.25. The number of hydrogen-bond donors (Lipinski definition) is 1. The van der Waals surface area contributed by atoms with Gasteiger partial charge in [0.05, 0.1) is 0 Å². The molecule has 0 aliphatic carbocycles. The Labute approximate surface area is 113 Å². The molecular weight excluding hydrogens is 246 g/mol. The second kappa shape index (κ2) is 6.23. The average molecular weight is 267 g/mol. The average Bonchev–Trinajstić information content (AvgIpc) is 2.49. The molecule has 1 heterocycles. The molecule has 1 aliphatic rings. The summed E-state index contributed by atoms with van der Waals surface area (Å²) in [5.74, 6) is 0.708. The topological polar surface area (TPSA) is 62.9 Å². The van der Waals surface area contributed by atoms with Crippen LogP contribution in [0.3, 0.4) is 0 Å². The van der Waals surface area contributed by atoms with Crippen LogP contribution in [0.25, 0.3) is 0 Å². The summed E-state index contributed by atoms with van der Waals surface area (Å²) in [4.78, 5) is 0.